The molecule has 0 radical (unpaired) electrons. The third-order valence-corrected chi connectivity index (χ3v) is 2.48. The molecule has 0 unspecified atom stereocenters. The Hall–Kier alpha value is -2.48. The van der Waals surface area contributed by atoms with Gasteiger partial charge in [-0.25, -0.2) is 4.79 Å². The highest BCUT2D eigenvalue weighted by Gasteiger charge is 2.18. The quantitative estimate of drug-likeness (QED) is 0.755. The van der Waals surface area contributed by atoms with Gasteiger partial charge in [0.1, 0.15) is 6.61 Å². The van der Waals surface area contributed by atoms with Crippen LogP contribution in [0.5, 0.6) is 11.5 Å². The van der Waals surface area contributed by atoms with Crippen molar-refractivity contribution in [1.29, 1.82) is 5.26 Å². The number of rotatable bonds is 3. The number of ether oxygens (including phenoxy) is 3. The third kappa shape index (κ3) is 2.28. The summed E-state index contributed by atoms with van der Waals surface area (Å²) in [5.74, 6) is 0.443. The summed E-state index contributed by atoms with van der Waals surface area (Å²) in [4.78, 5) is 11.0. The van der Waals surface area contributed by atoms with Gasteiger partial charge in [0.05, 0.1) is 18.8 Å². The molecule has 92 valence electrons. The first-order valence-corrected chi connectivity index (χ1v) is 5.32. The molecule has 1 aliphatic rings. The maximum atomic E-state index is 11.0. The van der Waals surface area contributed by atoms with Crippen LogP contribution in [0.15, 0.2) is 24.3 Å². The lowest BCUT2D eigenvalue weighted by molar-refractivity contribution is -0.142. The van der Waals surface area contributed by atoms with Crippen molar-refractivity contribution in [3.8, 4) is 17.6 Å². The van der Waals surface area contributed by atoms with E-state index in [1.165, 1.54) is 7.11 Å². The Bertz CT molecular complexity index is 542. The molecule has 0 N–H and O–H groups in total. The fourth-order valence-electron chi connectivity index (χ4n) is 1.61. The molecule has 1 aromatic carbocycles. The van der Waals surface area contributed by atoms with E-state index in [0.717, 1.165) is 0 Å². The van der Waals surface area contributed by atoms with Crippen molar-refractivity contribution in [2.24, 2.45) is 0 Å². The molecule has 0 saturated carbocycles. The normalized spacial score (nSPS) is 12.6. The molecular weight excluding hydrogens is 234 g/mol. The van der Waals surface area contributed by atoms with E-state index in [1.807, 2.05) is 0 Å². The highest BCUT2D eigenvalue weighted by atomic mass is 16.6. The Balaban J connectivity index is 2.26. The first kappa shape index (κ1) is 12.0. The third-order valence-electron chi connectivity index (χ3n) is 2.48. The molecule has 0 aliphatic carbocycles. The summed E-state index contributed by atoms with van der Waals surface area (Å²) in [7, 11) is 1.29. The van der Waals surface area contributed by atoms with Gasteiger partial charge in [-0.2, -0.15) is 5.26 Å². The first-order chi connectivity index (χ1) is 8.76. The molecule has 1 heterocycles. The number of nitriles is 1. The minimum absolute atomic E-state index is 0.193. The topological polar surface area (TPSA) is 68.6 Å². The predicted octanol–water partition coefficient (Wildman–Crippen LogP) is 1.54. The molecule has 5 nitrogen and oxygen atoms in total. The van der Waals surface area contributed by atoms with E-state index in [2.05, 4.69) is 10.8 Å². The predicted molar refractivity (Wildman–Crippen MR) is 63.0 cm³/mol. The van der Waals surface area contributed by atoms with E-state index in [4.69, 9.17) is 14.7 Å². The summed E-state index contributed by atoms with van der Waals surface area (Å²) in [5.41, 5.74) is 1.21. The van der Waals surface area contributed by atoms with Crippen LogP contribution in [0.2, 0.25) is 0 Å². The highest BCUT2D eigenvalue weighted by molar-refractivity contribution is 5.83. The zero-order valence-corrected chi connectivity index (χ0v) is 9.80. The number of para-hydroxylation sites is 1. The van der Waals surface area contributed by atoms with E-state index >= 15 is 0 Å². The SMILES string of the molecule is COC(=O)COc1cccc2c1OCC=C2C#N. The van der Waals surface area contributed by atoms with E-state index in [0.29, 0.717) is 29.2 Å². The lowest BCUT2D eigenvalue weighted by Gasteiger charge is -2.18. The van der Waals surface area contributed by atoms with Crippen molar-refractivity contribution in [3.05, 3.63) is 29.8 Å². The van der Waals surface area contributed by atoms with Gasteiger partial charge in [-0.05, 0) is 18.2 Å². The van der Waals surface area contributed by atoms with Crippen LogP contribution in [0.1, 0.15) is 5.56 Å². The second-order valence-electron chi connectivity index (χ2n) is 3.54. The molecule has 1 aromatic rings. The van der Waals surface area contributed by atoms with Crippen LogP contribution in [0, 0.1) is 11.3 Å². The Kier molecular flexibility index (Phi) is 3.49. The van der Waals surface area contributed by atoms with Crippen molar-refractivity contribution < 1.29 is 19.0 Å². The van der Waals surface area contributed by atoms with E-state index < -0.39 is 5.97 Å². The average molecular weight is 245 g/mol. The molecule has 0 saturated heterocycles. The molecule has 0 atom stereocenters. The monoisotopic (exact) mass is 245 g/mol. The van der Waals surface area contributed by atoms with Gasteiger partial charge < -0.3 is 14.2 Å². The lowest BCUT2D eigenvalue weighted by Crippen LogP contribution is -2.14. The Labute approximate surface area is 104 Å². The maximum absolute atomic E-state index is 11.0. The number of hydrogen-bond donors (Lipinski definition) is 0. The fraction of sp³-hybridized carbons (Fsp3) is 0.231. The summed E-state index contributed by atoms with van der Waals surface area (Å²) in [6.45, 7) is 0.121. The fourth-order valence-corrected chi connectivity index (χ4v) is 1.61. The Morgan fingerprint density at radius 1 is 1.56 bits per heavy atom. The van der Waals surface area contributed by atoms with Gasteiger partial charge in [0, 0.05) is 5.56 Å². The van der Waals surface area contributed by atoms with Gasteiger partial charge >= 0.3 is 5.97 Å². The number of fused-ring (bicyclic) bond motifs is 1. The van der Waals surface area contributed by atoms with Gasteiger partial charge in [-0.1, -0.05) is 6.07 Å². The molecule has 0 bridgehead atoms. The van der Waals surface area contributed by atoms with Crippen molar-refractivity contribution in [2.75, 3.05) is 20.3 Å². The summed E-state index contributed by atoms with van der Waals surface area (Å²) >= 11 is 0. The molecule has 1 aliphatic heterocycles. The van der Waals surface area contributed by atoms with Crippen molar-refractivity contribution >= 4 is 11.5 Å². The molecular formula is C13H11NO4. The average Bonchev–Trinajstić information content (AvgIpc) is 2.43. The largest absolute Gasteiger partial charge is 0.485 e. The number of carbonyl (C=O) groups excluding carboxylic acids is 1. The number of hydrogen-bond acceptors (Lipinski definition) is 5. The maximum Gasteiger partial charge on any atom is 0.343 e. The molecule has 0 spiro atoms. The van der Waals surface area contributed by atoms with Crippen molar-refractivity contribution in [1.82, 2.24) is 0 Å². The van der Waals surface area contributed by atoms with Gasteiger partial charge in [0.15, 0.2) is 18.1 Å². The lowest BCUT2D eigenvalue weighted by atomic mass is 10.0. The highest BCUT2D eigenvalue weighted by Crippen LogP contribution is 2.37. The zero-order valence-electron chi connectivity index (χ0n) is 9.80. The summed E-state index contributed by atoms with van der Waals surface area (Å²) in [5, 5.41) is 9.00. The van der Waals surface area contributed by atoms with Crippen LogP contribution in [0.25, 0.3) is 5.57 Å². The number of esters is 1. The Morgan fingerprint density at radius 3 is 3.11 bits per heavy atom. The minimum atomic E-state index is -0.473. The van der Waals surface area contributed by atoms with Gasteiger partial charge in [0.2, 0.25) is 0 Å². The van der Waals surface area contributed by atoms with Crippen LogP contribution < -0.4 is 9.47 Å². The van der Waals surface area contributed by atoms with Crippen molar-refractivity contribution in [2.45, 2.75) is 0 Å². The van der Waals surface area contributed by atoms with Crippen LogP contribution in [0.4, 0.5) is 0 Å². The number of carbonyl (C=O) groups is 1. The molecule has 0 fully saturated rings. The summed E-state index contributed by atoms with van der Waals surface area (Å²) in [6.07, 6.45) is 1.70. The summed E-state index contributed by atoms with van der Waals surface area (Å²) < 4.78 is 15.3. The van der Waals surface area contributed by atoms with Crippen LogP contribution in [0.3, 0.4) is 0 Å². The molecule has 0 aromatic heterocycles. The molecule has 0 amide bonds. The van der Waals surface area contributed by atoms with Crippen LogP contribution in [-0.4, -0.2) is 26.3 Å². The molecule has 2 rings (SSSR count). The van der Waals surface area contributed by atoms with E-state index in [9.17, 15) is 4.79 Å². The van der Waals surface area contributed by atoms with Gasteiger partial charge in [-0.3, -0.25) is 0 Å². The smallest absolute Gasteiger partial charge is 0.343 e. The second kappa shape index (κ2) is 5.23. The number of nitrogens with zero attached hydrogens (tertiary/aromatic N) is 1. The second-order valence-corrected chi connectivity index (χ2v) is 3.54. The van der Waals surface area contributed by atoms with E-state index in [1.54, 1.807) is 24.3 Å². The number of methoxy groups -OCH3 is 1. The zero-order chi connectivity index (χ0) is 13.0. The summed E-state index contributed by atoms with van der Waals surface area (Å²) in [6, 6.07) is 7.29. The Morgan fingerprint density at radius 2 is 2.39 bits per heavy atom. The minimum Gasteiger partial charge on any atom is -0.485 e. The van der Waals surface area contributed by atoms with Crippen LogP contribution in [-0.2, 0) is 9.53 Å². The van der Waals surface area contributed by atoms with Crippen LogP contribution >= 0.6 is 0 Å². The van der Waals surface area contributed by atoms with E-state index in [-0.39, 0.29) is 6.61 Å². The molecule has 18 heavy (non-hydrogen) atoms. The number of allylic oxidation sites excluding steroid dienone is 1. The number of benzene rings is 1. The first-order valence-electron chi connectivity index (χ1n) is 5.32. The van der Waals surface area contributed by atoms with Gasteiger partial charge in [-0.15, -0.1) is 0 Å². The van der Waals surface area contributed by atoms with Gasteiger partial charge in [0.25, 0.3) is 0 Å². The molecule has 5 heteroatoms. The standard InChI is InChI=1S/C13H11NO4/c1-16-12(15)8-18-11-4-2-3-10-9(7-14)5-6-17-13(10)11/h2-5H,6,8H2,1H3. The van der Waals surface area contributed by atoms with Crippen molar-refractivity contribution in [3.63, 3.8) is 0 Å².